The molecule has 0 aliphatic heterocycles. The van der Waals surface area contributed by atoms with Crippen molar-refractivity contribution in [3.8, 4) is 0 Å². The van der Waals surface area contributed by atoms with E-state index in [4.69, 9.17) is 4.74 Å². The molecule has 0 rings (SSSR count). The molecule has 3 nitrogen and oxygen atoms in total. The molecule has 0 aromatic heterocycles. The highest BCUT2D eigenvalue weighted by atomic mass is 16.5. The van der Waals surface area contributed by atoms with E-state index in [0.29, 0.717) is 12.2 Å². The summed E-state index contributed by atoms with van der Waals surface area (Å²) in [6.07, 6.45) is 8.66. The Morgan fingerprint density at radius 2 is 1.89 bits per heavy atom. The van der Waals surface area contributed by atoms with Crippen molar-refractivity contribution in [2.75, 3.05) is 6.61 Å². The van der Waals surface area contributed by atoms with Crippen molar-refractivity contribution in [3.63, 3.8) is 0 Å². The fourth-order valence-electron chi connectivity index (χ4n) is 1.77. The smallest absolute Gasteiger partial charge is 0.333 e. The SMILES string of the molecule is CCCCCC(O)CCC/C=C(\C)C(=O)OCC. The number of carbonyl (C=O) groups excluding carboxylic acids is 1. The first kappa shape index (κ1) is 17.2. The molecule has 0 saturated heterocycles. The van der Waals surface area contributed by atoms with E-state index in [2.05, 4.69) is 6.92 Å². The average molecular weight is 256 g/mol. The minimum absolute atomic E-state index is 0.187. The first-order chi connectivity index (χ1) is 8.61. The van der Waals surface area contributed by atoms with E-state index in [1.807, 2.05) is 6.08 Å². The van der Waals surface area contributed by atoms with Crippen molar-refractivity contribution < 1.29 is 14.6 Å². The van der Waals surface area contributed by atoms with Crippen molar-refractivity contribution in [1.82, 2.24) is 0 Å². The fraction of sp³-hybridized carbons (Fsp3) is 0.800. The summed E-state index contributed by atoms with van der Waals surface area (Å²) in [7, 11) is 0. The van der Waals surface area contributed by atoms with Crippen molar-refractivity contribution >= 4 is 5.97 Å². The number of allylic oxidation sites excluding steroid dienone is 1. The Morgan fingerprint density at radius 1 is 1.22 bits per heavy atom. The number of aliphatic hydroxyl groups excluding tert-OH is 1. The molecular weight excluding hydrogens is 228 g/mol. The van der Waals surface area contributed by atoms with Gasteiger partial charge in [-0.1, -0.05) is 32.3 Å². The Kier molecular flexibility index (Phi) is 10.8. The second-order valence-corrected chi connectivity index (χ2v) is 4.69. The predicted molar refractivity (Wildman–Crippen MR) is 74.4 cm³/mol. The third kappa shape index (κ3) is 9.23. The van der Waals surface area contributed by atoms with Gasteiger partial charge >= 0.3 is 5.97 Å². The summed E-state index contributed by atoms with van der Waals surface area (Å²) in [5, 5.41) is 9.72. The molecule has 1 unspecified atom stereocenters. The first-order valence-corrected chi connectivity index (χ1v) is 7.13. The maximum Gasteiger partial charge on any atom is 0.333 e. The zero-order valence-corrected chi connectivity index (χ0v) is 12.1. The third-order valence-corrected chi connectivity index (χ3v) is 2.93. The van der Waals surface area contributed by atoms with E-state index in [1.54, 1.807) is 13.8 Å². The molecule has 0 aliphatic rings. The number of carbonyl (C=O) groups is 1. The van der Waals surface area contributed by atoms with E-state index in [0.717, 1.165) is 32.1 Å². The maximum atomic E-state index is 11.3. The van der Waals surface area contributed by atoms with Crippen LogP contribution in [0.3, 0.4) is 0 Å². The normalized spacial score (nSPS) is 13.4. The minimum Gasteiger partial charge on any atom is -0.463 e. The molecule has 0 radical (unpaired) electrons. The molecule has 106 valence electrons. The van der Waals surface area contributed by atoms with Crippen LogP contribution in [0.2, 0.25) is 0 Å². The van der Waals surface area contributed by atoms with E-state index in [1.165, 1.54) is 12.8 Å². The van der Waals surface area contributed by atoms with Gasteiger partial charge in [0.2, 0.25) is 0 Å². The summed E-state index contributed by atoms with van der Waals surface area (Å²) in [5.74, 6) is -0.235. The predicted octanol–water partition coefficient (Wildman–Crippen LogP) is 3.61. The van der Waals surface area contributed by atoms with Gasteiger partial charge in [-0.25, -0.2) is 4.79 Å². The molecule has 3 heteroatoms. The Hall–Kier alpha value is -0.830. The van der Waals surface area contributed by atoms with Crippen LogP contribution >= 0.6 is 0 Å². The molecular formula is C15H28O3. The Bertz CT molecular complexity index is 246. The number of hydrogen-bond donors (Lipinski definition) is 1. The summed E-state index contributed by atoms with van der Waals surface area (Å²) in [4.78, 5) is 11.3. The van der Waals surface area contributed by atoms with Gasteiger partial charge in [0, 0.05) is 5.57 Å². The highest BCUT2D eigenvalue weighted by Gasteiger charge is 2.05. The van der Waals surface area contributed by atoms with Crippen LogP contribution in [0.25, 0.3) is 0 Å². The molecule has 18 heavy (non-hydrogen) atoms. The molecule has 0 aromatic carbocycles. The van der Waals surface area contributed by atoms with Gasteiger partial charge in [0.1, 0.15) is 0 Å². The summed E-state index contributed by atoms with van der Waals surface area (Å²) >= 11 is 0. The summed E-state index contributed by atoms with van der Waals surface area (Å²) in [6.45, 7) is 6.16. The van der Waals surface area contributed by atoms with E-state index < -0.39 is 0 Å². The van der Waals surface area contributed by atoms with Crippen LogP contribution in [0.5, 0.6) is 0 Å². The summed E-state index contributed by atoms with van der Waals surface area (Å²) in [6, 6.07) is 0. The summed E-state index contributed by atoms with van der Waals surface area (Å²) in [5.41, 5.74) is 0.664. The van der Waals surface area contributed by atoms with E-state index in [-0.39, 0.29) is 12.1 Å². The molecule has 0 aliphatic carbocycles. The van der Waals surface area contributed by atoms with Crippen molar-refractivity contribution in [2.45, 2.75) is 71.8 Å². The molecule has 1 atom stereocenters. The molecule has 0 spiro atoms. The lowest BCUT2D eigenvalue weighted by Gasteiger charge is -2.09. The van der Waals surface area contributed by atoms with Crippen LogP contribution in [0.1, 0.15) is 65.7 Å². The quantitative estimate of drug-likeness (QED) is 0.369. The van der Waals surface area contributed by atoms with Crippen LogP contribution in [-0.2, 0) is 9.53 Å². The number of ether oxygens (including phenoxy) is 1. The number of unbranched alkanes of at least 4 members (excludes halogenated alkanes) is 3. The average Bonchev–Trinajstić information content (AvgIpc) is 2.35. The van der Waals surface area contributed by atoms with Gasteiger partial charge in [-0.3, -0.25) is 0 Å². The lowest BCUT2D eigenvalue weighted by atomic mass is 10.0. The van der Waals surface area contributed by atoms with Gasteiger partial charge in [0.15, 0.2) is 0 Å². The molecule has 0 amide bonds. The molecule has 0 fully saturated rings. The van der Waals surface area contributed by atoms with Gasteiger partial charge in [-0.05, 0) is 39.5 Å². The molecule has 0 bridgehead atoms. The maximum absolute atomic E-state index is 11.3. The second kappa shape index (κ2) is 11.3. The van der Waals surface area contributed by atoms with Gasteiger partial charge in [0.25, 0.3) is 0 Å². The number of hydrogen-bond acceptors (Lipinski definition) is 3. The third-order valence-electron chi connectivity index (χ3n) is 2.93. The van der Waals surface area contributed by atoms with Crippen LogP contribution in [0, 0.1) is 0 Å². The highest BCUT2D eigenvalue weighted by Crippen LogP contribution is 2.11. The Labute approximate surface area is 111 Å². The molecule has 0 aromatic rings. The minimum atomic E-state index is -0.235. The van der Waals surface area contributed by atoms with E-state index >= 15 is 0 Å². The van der Waals surface area contributed by atoms with Crippen molar-refractivity contribution in [3.05, 3.63) is 11.6 Å². The first-order valence-electron chi connectivity index (χ1n) is 7.13. The lowest BCUT2D eigenvalue weighted by molar-refractivity contribution is -0.138. The second-order valence-electron chi connectivity index (χ2n) is 4.69. The van der Waals surface area contributed by atoms with E-state index in [9.17, 15) is 9.90 Å². The Morgan fingerprint density at radius 3 is 2.50 bits per heavy atom. The lowest BCUT2D eigenvalue weighted by Crippen LogP contribution is -2.06. The van der Waals surface area contributed by atoms with Crippen molar-refractivity contribution in [1.29, 1.82) is 0 Å². The van der Waals surface area contributed by atoms with Crippen molar-refractivity contribution in [2.24, 2.45) is 0 Å². The van der Waals surface area contributed by atoms with Gasteiger partial charge in [0.05, 0.1) is 12.7 Å². The Balaban J connectivity index is 3.64. The zero-order valence-electron chi connectivity index (χ0n) is 12.1. The number of aliphatic hydroxyl groups is 1. The van der Waals surface area contributed by atoms with Gasteiger partial charge < -0.3 is 9.84 Å². The largest absolute Gasteiger partial charge is 0.463 e. The monoisotopic (exact) mass is 256 g/mol. The number of rotatable bonds is 10. The highest BCUT2D eigenvalue weighted by molar-refractivity contribution is 5.87. The van der Waals surface area contributed by atoms with Crippen LogP contribution < -0.4 is 0 Å². The zero-order chi connectivity index (χ0) is 13.8. The van der Waals surface area contributed by atoms with Crippen LogP contribution in [0.4, 0.5) is 0 Å². The number of esters is 1. The fourth-order valence-corrected chi connectivity index (χ4v) is 1.77. The summed E-state index contributed by atoms with van der Waals surface area (Å²) < 4.78 is 4.89. The van der Waals surface area contributed by atoms with Gasteiger partial charge in [-0.15, -0.1) is 0 Å². The van der Waals surface area contributed by atoms with Gasteiger partial charge in [-0.2, -0.15) is 0 Å². The topological polar surface area (TPSA) is 46.5 Å². The molecule has 0 saturated carbocycles. The van der Waals surface area contributed by atoms with Crippen LogP contribution in [0.15, 0.2) is 11.6 Å². The molecule has 1 N–H and O–H groups in total. The standard InChI is InChI=1S/C15H28O3/c1-4-6-7-11-14(16)12-9-8-10-13(3)15(17)18-5-2/h10,14,16H,4-9,11-12H2,1-3H3/b13-10+. The van der Waals surface area contributed by atoms with Crippen LogP contribution in [-0.4, -0.2) is 23.8 Å². The molecule has 0 heterocycles.